The molecule has 0 amide bonds. The summed E-state index contributed by atoms with van der Waals surface area (Å²) in [6, 6.07) is 0. The summed E-state index contributed by atoms with van der Waals surface area (Å²) in [6.07, 6.45) is 1.80. The molecule has 3 N–H and O–H groups in total. The zero-order chi connectivity index (χ0) is 7.56. The van der Waals surface area contributed by atoms with E-state index >= 15 is 0 Å². The van der Waals surface area contributed by atoms with Crippen LogP contribution >= 0.6 is 0 Å². The van der Waals surface area contributed by atoms with E-state index in [4.69, 9.17) is 10.5 Å². The summed E-state index contributed by atoms with van der Waals surface area (Å²) in [6.45, 7) is 2.32. The predicted octanol–water partition coefficient (Wildman–Crippen LogP) is -0.126. The highest BCUT2D eigenvalue weighted by atomic mass is 16.5. The number of hydrogen-bond donors (Lipinski definition) is 2. The molecule has 1 fully saturated rings. The Morgan fingerprint density at radius 3 is 2.80 bits per heavy atom. The molecule has 1 unspecified atom stereocenters. The SMILES string of the molecule is C[C@@H]1CCC([C@@H](O)CN)O1. The second-order valence-electron chi connectivity index (χ2n) is 2.87. The second-order valence-corrected chi connectivity index (χ2v) is 2.87. The molecule has 1 rings (SSSR count). The summed E-state index contributed by atoms with van der Waals surface area (Å²) in [7, 11) is 0. The van der Waals surface area contributed by atoms with Crippen LogP contribution in [0.2, 0.25) is 0 Å². The first-order valence-electron chi connectivity index (χ1n) is 3.77. The maximum Gasteiger partial charge on any atom is 0.0923 e. The van der Waals surface area contributed by atoms with Crippen LogP contribution in [0.1, 0.15) is 19.8 Å². The zero-order valence-corrected chi connectivity index (χ0v) is 6.29. The van der Waals surface area contributed by atoms with Crippen LogP contribution in [0.15, 0.2) is 0 Å². The van der Waals surface area contributed by atoms with Crippen molar-refractivity contribution >= 4 is 0 Å². The molecule has 0 aliphatic carbocycles. The predicted molar refractivity (Wildman–Crippen MR) is 38.6 cm³/mol. The molecular weight excluding hydrogens is 130 g/mol. The summed E-state index contributed by atoms with van der Waals surface area (Å²) >= 11 is 0. The van der Waals surface area contributed by atoms with Gasteiger partial charge in [0.25, 0.3) is 0 Å². The Bertz CT molecular complexity index is 108. The highest BCUT2D eigenvalue weighted by Crippen LogP contribution is 2.20. The largest absolute Gasteiger partial charge is 0.389 e. The molecule has 3 atom stereocenters. The van der Waals surface area contributed by atoms with Gasteiger partial charge in [-0.25, -0.2) is 0 Å². The Labute approximate surface area is 61.2 Å². The number of aliphatic hydroxyl groups excluding tert-OH is 1. The Balaban J connectivity index is 2.29. The van der Waals surface area contributed by atoms with Crippen molar-refractivity contribution < 1.29 is 9.84 Å². The van der Waals surface area contributed by atoms with E-state index in [1.165, 1.54) is 0 Å². The van der Waals surface area contributed by atoms with Crippen molar-refractivity contribution in [1.82, 2.24) is 0 Å². The number of aliphatic hydroxyl groups is 1. The lowest BCUT2D eigenvalue weighted by molar-refractivity contribution is -0.0242. The van der Waals surface area contributed by atoms with Crippen molar-refractivity contribution in [2.24, 2.45) is 5.73 Å². The molecule has 1 aliphatic heterocycles. The van der Waals surface area contributed by atoms with Crippen molar-refractivity contribution in [3.63, 3.8) is 0 Å². The molecule has 3 nitrogen and oxygen atoms in total. The fourth-order valence-electron chi connectivity index (χ4n) is 1.27. The third kappa shape index (κ3) is 1.68. The maximum atomic E-state index is 9.23. The molecule has 0 saturated carbocycles. The normalized spacial score (nSPS) is 36.3. The molecule has 1 heterocycles. The van der Waals surface area contributed by atoms with E-state index in [1.54, 1.807) is 0 Å². The zero-order valence-electron chi connectivity index (χ0n) is 6.29. The number of nitrogens with two attached hydrogens (primary N) is 1. The lowest BCUT2D eigenvalue weighted by Crippen LogP contribution is -2.33. The minimum absolute atomic E-state index is 0.0139. The molecule has 0 bridgehead atoms. The third-order valence-electron chi connectivity index (χ3n) is 1.94. The van der Waals surface area contributed by atoms with Crippen LogP contribution in [-0.4, -0.2) is 30.0 Å². The second kappa shape index (κ2) is 3.32. The van der Waals surface area contributed by atoms with Gasteiger partial charge in [0.15, 0.2) is 0 Å². The molecule has 1 saturated heterocycles. The van der Waals surface area contributed by atoms with Crippen molar-refractivity contribution in [1.29, 1.82) is 0 Å². The standard InChI is InChI=1S/C7H15NO2/c1-5-2-3-7(10-5)6(9)4-8/h5-7,9H,2-4,8H2,1H3/t5-,6+,7?/m1/s1. The van der Waals surface area contributed by atoms with Gasteiger partial charge in [0, 0.05) is 6.54 Å². The molecule has 0 spiro atoms. The summed E-state index contributed by atoms with van der Waals surface area (Å²) < 4.78 is 5.38. The van der Waals surface area contributed by atoms with Crippen LogP contribution < -0.4 is 5.73 Å². The van der Waals surface area contributed by atoms with Crippen molar-refractivity contribution in [3.8, 4) is 0 Å². The van der Waals surface area contributed by atoms with E-state index in [2.05, 4.69) is 0 Å². The minimum Gasteiger partial charge on any atom is -0.389 e. The molecule has 10 heavy (non-hydrogen) atoms. The molecule has 60 valence electrons. The first-order chi connectivity index (χ1) is 4.74. The number of ether oxygens (including phenoxy) is 1. The highest BCUT2D eigenvalue weighted by molar-refractivity contribution is 4.77. The summed E-state index contributed by atoms with van der Waals surface area (Å²) in [4.78, 5) is 0. The smallest absolute Gasteiger partial charge is 0.0923 e. The van der Waals surface area contributed by atoms with Gasteiger partial charge in [0.1, 0.15) is 0 Å². The van der Waals surface area contributed by atoms with Crippen LogP contribution in [0.25, 0.3) is 0 Å². The van der Waals surface area contributed by atoms with Gasteiger partial charge < -0.3 is 15.6 Å². The van der Waals surface area contributed by atoms with Gasteiger partial charge in [-0.15, -0.1) is 0 Å². The van der Waals surface area contributed by atoms with Crippen LogP contribution in [-0.2, 0) is 4.74 Å². The molecule has 0 aromatic carbocycles. The average molecular weight is 145 g/mol. The van der Waals surface area contributed by atoms with Gasteiger partial charge in [-0.05, 0) is 19.8 Å². The third-order valence-corrected chi connectivity index (χ3v) is 1.94. The van der Waals surface area contributed by atoms with E-state index in [0.29, 0.717) is 12.6 Å². The van der Waals surface area contributed by atoms with Crippen molar-refractivity contribution in [3.05, 3.63) is 0 Å². The van der Waals surface area contributed by atoms with Gasteiger partial charge in [0.2, 0.25) is 0 Å². The summed E-state index contributed by atoms with van der Waals surface area (Å²) in [5.41, 5.74) is 5.27. The van der Waals surface area contributed by atoms with Gasteiger partial charge in [-0.1, -0.05) is 0 Å². The van der Waals surface area contributed by atoms with Crippen LogP contribution in [0, 0.1) is 0 Å². The molecular formula is C7H15NO2. The van der Waals surface area contributed by atoms with E-state index in [0.717, 1.165) is 12.8 Å². The average Bonchev–Trinajstić information content (AvgIpc) is 2.34. The minimum atomic E-state index is -0.468. The van der Waals surface area contributed by atoms with Gasteiger partial charge >= 0.3 is 0 Å². The Morgan fingerprint density at radius 2 is 2.40 bits per heavy atom. The fourth-order valence-corrected chi connectivity index (χ4v) is 1.27. The van der Waals surface area contributed by atoms with Crippen molar-refractivity contribution in [2.75, 3.05) is 6.54 Å². The van der Waals surface area contributed by atoms with Crippen LogP contribution in [0.4, 0.5) is 0 Å². The van der Waals surface area contributed by atoms with Crippen LogP contribution in [0.3, 0.4) is 0 Å². The Hall–Kier alpha value is -0.120. The van der Waals surface area contributed by atoms with Gasteiger partial charge in [0.05, 0.1) is 18.3 Å². The quantitative estimate of drug-likeness (QED) is 0.569. The monoisotopic (exact) mass is 145 g/mol. The maximum absolute atomic E-state index is 9.23. The fraction of sp³-hybridized carbons (Fsp3) is 1.00. The summed E-state index contributed by atoms with van der Waals surface area (Å²) in [5, 5.41) is 9.23. The van der Waals surface area contributed by atoms with E-state index in [9.17, 15) is 5.11 Å². The van der Waals surface area contributed by atoms with E-state index in [-0.39, 0.29) is 6.10 Å². The Morgan fingerprint density at radius 1 is 1.70 bits per heavy atom. The number of rotatable bonds is 2. The first kappa shape index (κ1) is 7.98. The first-order valence-corrected chi connectivity index (χ1v) is 3.77. The topological polar surface area (TPSA) is 55.5 Å². The number of hydrogen-bond acceptors (Lipinski definition) is 3. The van der Waals surface area contributed by atoms with E-state index < -0.39 is 6.10 Å². The summed E-state index contributed by atoms with van der Waals surface area (Å²) in [5.74, 6) is 0. The Kier molecular flexibility index (Phi) is 2.65. The van der Waals surface area contributed by atoms with Crippen LogP contribution in [0.5, 0.6) is 0 Å². The molecule has 0 aromatic rings. The molecule has 0 aromatic heterocycles. The van der Waals surface area contributed by atoms with Crippen molar-refractivity contribution in [2.45, 2.75) is 38.1 Å². The molecule has 3 heteroatoms. The van der Waals surface area contributed by atoms with Gasteiger partial charge in [-0.2, -0.15) is 0 Å². The van der Waals surface area contributed by atoms with E-state index in [1.807, 2.05) is 6.92 Å². The molecule has 0 radical (unpaired) electrons. The highest BCUT2D eigenvalue weighted by Gasteiger charge is 2.26. The lowest BCUT2D eigenvalue weighted by atomic mass is 10.1. The van der Waals surface area contributed by atoms with Gasteiger partial charge in [-0.3, -0.25) is 0 Å². The molecule has 1 aliphatic rings. The lowest BCUT2D eigenvalue weighted by Gasteiger charge is -2.15.